The number of amides is 1. The minimum atomic E-state index is -0.538. The molecule has 0 radical (unpaired) electrons. The molecule has 3 aromatic rings. The highest BCUT2D eigenvalue weighted by atomic mass is 35.5. The summed E-state index contributed by atoms with van der Waals surface area (Å²) in [5.41, 5.74) is 4.82. The number of aryl methyl sites for hydroxylation is 2. The molecule has 0 aliphatic heterocycles. The summed E-state index contributed by atoms with van der Waals surface area (Å²) >= 11 is 11.5. The molecule has 1 amide bonds. The number of halogens is 2. The zero-order chi connectivity index (χ0) is 18.8. The van der Waals surface area contributed by atoms with E-state index in [1.165, 1.54) is 24.6 Å². The number of hydrogen-bond donors (Lipinski definition) is 1. The normalized spacial score (nSPS) is 11.2. The van der Waals surface area contributed by atoms with Crippen LogP contribution in [-0.4, -0.2) is 17.1 Å². The Morgan fingerprint density at radius 1 is 1.19 bits per heavy atom. The lowest BCUT2D eigenvalue weighted by Gasteiger charge is -2.04. The Bertz CT molecular complexity index is 1090. The SMILES string of the molecule is Cc1cc(C)c2c(=O)c(C=NNC(=O)c3cc(Cl)nc(Cl)c3)coc2c1. The van der Waals surface area contributed by atoms with E-state index in [1.54, 1.807) is 6.07 Å². The van der Waals surface area contributed by atoms with Crippen molar-refractivity contribution in [3.05, 3.63) is 73.3 Å². The number of hydrogen-bond acceptors (Lipinski definition) is 5. The summed E-state index contributed by atoms with van der Waals surface area (Å²) in [6.07, 6.45) is 2.53. The Morgan fingerprint density at radius 3 is 2.58 bits per heavy atom. The van der Waals surface area contributed by atoms with Crippen LogP contribution in [0.25, 0.3) is 11.0 Å². The number of carbonyl (C=O) groups is 1. The number of carbonyl (C=O) groups excluding carboxylic acids is 1. The van der Waals surface area contributed by atoms with Crippen molar-refractivity contribution < 1.29 is 9.21 Å². The van der Waals surface area contributed by atoms with Gasteiger partial charge in [-0.15, -0.1) is 0 Å². The largest absolute Gasteiger partial charge is 0.463 e. The minimum Gasteiger partial charge on any atom is -0.463 e. The monoisotopic (exact) mass is 389 g/mol. The number of aromatic nitrogens is 1. The van der Waals surface area contributed by atoms with E-state index in [0.29, 0.717) is 11.0 Å². The molecular weight excluding hydrogens is 377 g/mol. The molecule has 0 aliphatic rings. The number of nitrogens with zero attached hydrogens (tertiary/aromatic N) is 2. The van der Waals surface area contributed by atoms with Crippen LogP contribution in [0.4, 0.5) is 0 Å². The van der Waals surface area contributed by atoms with Gasteiger partial charge < -0.3 is 4.42 Å². The summed E-state index contributed by atoms with van der Waals surface area (Å²) in [5, 5.41) is 4.47. The third-order valence-corrected chi connectivity index (χ3v) is 4.03. The van der Waals surface area contributed by atoms with Crippen LogP contribution < -0.4 is 10.9 Å². The van der Waals surface area contributed by atoms with Crippen molar-refractivity contribution in [2.75, 3.05) is 0 Å². The number of benzene rings is 1. The molecule has 2 heterocycles. The maximum absolute atomic E-state index is 12.6. The van der Waals surface area contributed by atoms with Gasteiger partial charge in [-0.2, -0.15) is 5.10 Å². The standard InChI is InChI=1S/C18H13Cl2N3O3/c1-9-3-10(2)16-13(4-9)26-8-12(17(16)24)7-21-23-18(25)11-5-14(19)22-15(20)6-11/h3-8H,1-2H3,(H,23,25). The first-order valence-corrected chi connectivity index (χ1v) is 8.30. The second-order valence-corrected chi connectivity index (χ2v) is 6.45. The Labute approximate surface area is 158 Å². The van der Waals surface area contributed by atoms with Crippen LogP contribution in [-0.2, 0) is 0 Å². The van der Waals surface area contributed by atoms with Crippen LogP contribution in [0.1, 0.15) is 27.0 Å². The fourth-order valence-electron chi connectivity index (χ4n) is 2.55. The molecule has 6 nitrogen and oxygen atoms in total. The van der Waals surface area contributed by atoms with Gasteiger partial charge in [-0.05, 0) is 43.2 Å². The summed E-state index contributed by atoms with van der Waals surface area (Å²) in [4.78, 5) is 28.4. The molecule has 0 spiro atoms. The molecule has 26 heavy (non-hydrogen) atoms. The highest BCUT2D eigenvalue weighted by Crippen LogP contribution is 2.18. The topological polar surface area (TPSA) is 84.6 Å². The molecule has 132 valence electrons. The van der Waals surface area contributed by atoms with Gasteiger partial charge in [0.1, 0.15) is 22.2 Å². The van der Waals surface area contributed by atoms with Crippen molar-refractivity contribution in [3.63, 3.8) is 0 Å². The molecule has 0 aliphatic carbocycles. The molecule has 3 rings (SSSR count). The fraction of sp³-hybridized carbons (Fsp3) is 0.111. The van der Waals surface area contributed by atoms with Crippen molar-refractivity contribution >= 4 is 46.3 Å². The summed E-state index contributed by atoms with van der Waals surface area (Å²) in [5.74, 6) is -0.538. The van der Waals surface area contributed by atoms with Gasteiger partial charge in [0.05, 0.1) is 17.2 Å². The number of fused-ring (bicyclic) bond motifs is 1. The van der Waals surface area contributed by atoms with E-state index in [-0.39, 0.29) is 26.9 Å². The zero-order valence-corrected chi connectivity index (χ0v) is 15.4. The van der Waals surface area contributed by atoms with Gasteiger partial charge in [0.15, 0.2) is 0 Å². The maximum atomic E-state index is 12.6. The average molecular weight is 390 g/mol. The van der Waals surface area contributed by atoms with Gasteiger partial charge >= 0.3 is 0 Å². The molecule has 1 N–H and O–H groups in total. The lowest BCUT2D eigenvalue weighted by atomic mass is 10.1. The summed E-state index contributed by atoms with van der Waals surface area (Å²) < 4.78 is 5.51. The predicted octanol–water partition coefficient (Wildman–Crippen LogP) is 3.88. The molecule has 8 heteroatoms. The maximum Gasteiger partial charge on any atom is 0.271 e. The van der Waals surface area contributed by atoms with Crippen molar-refractivity contribution in [2.45, 2.75) is 13.8 Å². The van der Waals surface area contributed by atoms with Crippen molar-refractivity contribution in [1.29, 1.82) is 0 Å². The second kappa shape index (κ2) is 7.27. The number of pyridine rings is 1. The molecule has 1 aromatic carbocycles. The Hall–Kier alpha value is -2.70. The van der Waals surface area contributed by atoms with Crippen molar-refractivity contribution in [1.82, 2.24) is 10.4 Å². The van der Waals surface area contributed by atoms with Crippen LogP contribution in [0, 0.1) is 13.8 Å². The minimum absolute atomic E-state index is 0.0903. The van der Waals surface area contributed by atoms with Gasteiger partial charge in [-0.25, -0.2) is 10.4 Å². The molecule has 0 fully saturated rings. The number of rotatable bonds is 3. The quantitative estimate of drug-likeness (QED) is 0.418. The van der Waals surface area contributed by atoms with Gasteiger partial charge in [-0.1, -0.05) is 29.3 Å². The zero-order valence-electron chi connectivity index (χ0n) is 13.8. The van der Waals surface area contributed by atoms with E-state index in [4.69, 9.17) is 27.6 Å². The van der Waals surface area contributed by atoms with Gasteiger partial charge in [0.25, 0.3) is 5.91 Å². The molecular formula is C18H13Cl2N3O3. The van der Waals surface area contributed by atoms with Crippen LogP contribution in [0.15, 0.2) is 44.8 Å². The van der Waals surface area contributed by atoms with Crippen LogP contribution >= 0.6 is 23.2 Å². The van der Waals surface area contributed by atoms with Gasteiger partial charge in [0.2, 0.25) is 5.43 Å². The lowest BCUT2D eigenvalue weighted by molar-refractivity contribution is 0.0955. The van der Waals surface area contributed by atoms with E-state index < -0.39 is 5.91 Å². The third kappa shape index (κ3) is 3.76. The van der Waals surface area contributed by atoms with Crippen LogP contribution in [0.5, 0.6) is 0 Å². The van der Waals surface area contributed by atoms with Crippen molar-refractivity contribution in [2.24, 2.45) is 5.10 Å². The first kappa shape index (κ1) is 18.1. The summed E-state index contributed by atoms with van der Waals surface area (Å²) in [7, 11) is 0. The average Bonchev–Trinajstić information content (AvgIpc) is 2.55. The van der Waals surface area contributed by atoms with Crippen LogP contribution in [0.3, 0.4) is 0 Å². The Kier molecular flexibility index (Phi) is 5.06. The fourth-order valence-corrected chi connectivity index (χ4v) is 3.01. The highest BCUT2D eigenvalue weighted by Gasteiger charge is 2.10. The first-order valence-electron chi connectivity index (χ1n) is 7.54. The van der Waals surface area contributed by atoms with E-state index in [1.807, 2.05) is 19.9 Å². The lowest BCUT2D eigenvalue weighted by Crippen LogP contribution is -2.19. The van der Waals surface area contributed by atoms with E-state index in [9.17, 15) is 9.59 Å². The first-order chi connectivity index (χ1) is 12.3. The highest BCUT2D eigenvalue weighted by molar-refractivity contribution is 6.33. The number of nitrogens with one attached hydrogen (secondary N) is 1. The van der Waals surface area contributed by atoms with Crippen LogP contribution in [0.2, 0.25) is 10.3 Å². The summed E-state index contributed by atoms with van der Waals surface area (Å²) in [6, 6.07) is 6.41. The van der Waals surface area contributed by atoms with E-state index >= 15 is 0 Å². The molecule has 2 aromatic heterocycles. The molecule has 0 atom stereocenters. The number of hydrazone groups is 1. The second-order valence-electron chi connectivity index (χ2n) is 5.68. The predicted molar refractivity (Wildman–Crippen MR) is 101 cm³/mol. The summed E-state index contributed by atoms with van der Waals surface area (Å²) in [6.45, 7) is 3.76. The van der Waals surface area contributed by atoms with Gasteiger partial charge in [-0.3, -0.25) is 9.59 Å². The molecule has 0 saturated heterocycles. The molecule has 0 unspecified atom stereocenters. The Balaban J connectivity index is 1.86. The Morgan fingerprint density at radius 2 is 1.88 bits per heavy atom. The van der Waals surface area contributed by atoms with E-state index in [2.05, 4.69) is 15.5 Å². The van der Waals surface area contributed by atoms with E-state index in [0.717, 1.165) is 11.1 Å². The molecule has 0 bridgehead atoms. The third-order valence-electron chi connectivity index (χ3n) is 3.64. The molecule has 0 saturated carbocycles. The van der Waals surface area contributed by atoms with Crippen molar-refractivity contribution in [3.8, 4) is 0 Å². The van der Waals surface area contributed by atoms with Gasteiger partial charge in [0, 0.05) is 5.56 Å². The smallest absolute Gasteiger partial charge is 0.271 e.